The average molecular weight is 229 g/mol. The van der Waals surface area contributed by atoms with Crippen LogP contribution in [0.2, 0.25) is 0 Å². The second-order valence-corrected chi connectivity index (χ2v) is 3.53. The van der Waals surface area contributed by atoms with E-state index in [1.807, 2.05) is 30.3 Å². The van der Waals surface area contributed by atoms with Crippen LogP contribution in [0.1, 0.15) is 6.92 Å². The summed E-state index contributed by atoms with van der Waals surface area (Å²) in [5.74, 6) is 0.847. The Kier molecular flexibility index (Phi) is 5.66. The minimum atomic E-state index is 0.505. The van der Waals surface area contributed by atoms with Crippen LogP contribution in [-0.4, -0.2) is 13.2 Å². The van der Waals surface area contributed by atoms with Crippen LogP contribution < -0.4 is 10.1 Å². The minimum absolute atomic E-state index is 0.505. The third-order valence-corrected chi connectivity index (χ3v) is 2.21. The van der Waals surface area contributed by atoms with Crippen molar-refractivity contribution in [3.63, 3.8) is 0 Å². The van der Waals surface area contributed by atoms with Gasteiger partial charge < -0.3 is 10.1 Å². The van der Waals surface area contributed by atoms with Gasteiger partial charge in [-0.1, -0.05) is 37.5 Å². The fourth-order valence-electron chi connectivity index (χ4n) is 1.39. The van der Waals surface area contributed by atoms with Gasteiger partial charge in [0.2, 0.25) is 0 Å². The van der Waals surface area contributed by atoms with Crippen LogP contribution in [0.3, 0.4) is 0 Å². The van der Waals surface area contributed by atoms with Gasteiger partial charge in [-0.05, 0) is 24.6 Å². The molecule has 17 heavy (non-hydrogen) atoms. The largest absolute Gasteiger partial charge is 0.489 e. The summed E-state index contributed by atoms with van der Waals surface area (Å²) in [6.45, 7) is 10.9. The lowest BCUT2D eigenvalue weighted by molar-refractivity contribution is 0.356. The first-order chi connectivity index (χ1) is 8.30. The molecule has 0 unspecified atom stereocenters. The van der Waals surface area contributed by atoms with Crippen molar-refractivity contribution in [3.05, 3.63) is 61.2 Å². The summed E-state index contributed by atoms with van der Waals surface area (Å²) >= 11 is 0. The molecule has 90 valence electrons. The summed E-state index contributed by atoms with van der Waals surface area (Å²) < 4.78 is 5.67. The Hall–Kier alpha value is -1.96. The lowest BCUT2D eigenvalue weighted by Gasteiger charge is -2.09. The highest BCUT2D eigenvalue weighted by atomic mass is 16.5. The van der Waals surface area contributed by atoms with E-state index in [9.17, 15) is 0 Å². The standard InChI is InChI=1S/C15H19NO/c1-4-8-13(5-2)12-17-15-10-7-9-14(11-15)16-6-3/h4-5,7-11,16H,1-2,6,12H2,3H3/b13-8+. The molecular formula is C15H19NO. The number of hydrogen-bond acceptors (Lipinski definition) is 2. The molecule has 1 aromatic carbocycles. The van der Waals surface area contributed by atoms with Gasteiger partial charge in [-0.2, -0.15) is 0 Å². The van der Waals surface area contributed by atoms with Crippen LogP contribution >= 0.6 is 0 Å². The van der Waals surface area contributed by atoms with Gasteiger partial charge in [0.05, 0.1) is 0 Å². The Morgan fingerprint density at radius 3 is 2.88 bits per heavy atom. The Morgan fingerprint density at radius 1 is 1.41 bits per heavy atom. The lowest BCUT2D eigenvalue weighted by atomic mass is 10.2. The first-order valence-electron chi connectivity index (χ1n) is 5.71. The SMILES string of the molecule is C=C/C=C(\C=C)COc1cccc(NCC)c1. The number of anilines is 1. The average Bonchev–Trinajstić information content (AvgIpc) is 2.35. The monoisotopic (exact) mass is 229 g/mol. The quantitative estimate of drug-likeness (QED) is 0.718. The van der Waals surface area contributed by atoms with E-state index >= 15 is 0 Å². The zero-order valence-electron chi connectivity index (χ0n) is 10.3. The molecule has 1 aromatic rings. The Labute approximate surface area is 103 Å². The van der Waals surface area contributed by atoms with E-state index in [1.165, 1.54) is 0 Å². The van der Waals surface area contributed by atoms with Crippen LogP contribution in [0, 0.1) is 0 Å². The van der Waals surface area contributed by atoms with E-state index in [-0.39, 0.29) is 0 Å². The first kappa shape index (κ1) is 13.1. The predicted molar refractivity (Wildman–Crippen MR) is 74.6 cm³/mol. The maximum absolute atomic E-state index is 5.67. The maximum Gasteiger partial charge on any atom is 0.121 e. The van der Waals surface area contributed by atoms with Crippen molar-refractivity contribution in [3.8, 4) is 5.75 Å². The van der Waals surface area contributed by atoms with Crippen molar-refractivity contribution in [2.24, 2.45) is 0 Å². The van der Waals surface area contributed by atoms with Crippen LogP contribution in [0.4, 0.5) is 5.69 Å². The lowest BCUT2D eigenvalue weighted by Crippen LogP contribution is -2.01. The third-order valence-electron chi connectivity index (χ3n) is 2.21. The molecule has 0 heterocycles. The van der Waals surface area contributed by atoms with Gasteiger partial charge >= 0.3 is 0 Å². The van der Waals surface area contributed by atoms with Crippen molar-refractivity contribution in [1.82, 2.24) is 0 Å². The summed E-state index contributed by atoms with van der Waals surface area (Å²) in [5, 5.41) is 3.24. The van der Waals surface area contributed by atoms with Gasteiger partial charge in [0.1, 0.15) is 12.4 Å². The van der Waals surface area contributed by atoms with E-state index in [0.29, 0.717) is 6.61 Å². The van der Waals surface area contributed by atoms with E-state index in [4.69, 9.17) is 4.74 Å². The fourth-order valence-corrected chi connectivity index (χ4v) is 1.39. The number of nitrogens with one attached hydrogen (secondary N) is 1. The molecule has 0 bridgehead atoms. The fraction of sp³-hybridized carbons (Fsp3) is 0.200. The van der Waals surface area contributed by atoms with Crippen molar-refractivity contribution in [1.29, 1.82) is 0 Å². The summed E-state index contributed by atoms with van der Waals surface area (Å²) in [4.78, 5) is 0. The van der Waals surface area contributed by atoms with Crippen LogP contribution in [-0.2, 0) is 0 Å². The van der Waals surface area contributed by atoms with E-state index in [0.717, 1.165) is 23.6 Å². The maximum atomic E-state index is 5.67. The van der Waals surface area contributed by atoms with Crippen LogP contribution in [0.25, 0.3) is 0 Å². The summed E-state index contributed by atoms with van der Waals surface area (Å²) in [7, 11) is 0. The molecule has 0 aliphatic carbocycles. The topological polar surface area (TPSA) is 21.3 Å². The van der Waals surface area contributed by atoms with E-state index in [2.05, 4.69) is 25.4 Å². The Morgan fingerprint density at radius 2 is 2.24 bits per heavy atom. The summed E-state index contributed by atoms with van der Waals surface area (Å²) in [6, 6.07) is 7.91. The molecule has 0 aliphatic rings. The highest BCUT2D eigenvalue weighted by molar-refractivity contribution is 5.48. The molecule has 0 aromatic heterocycles. The molecule has 0 atom stereocenters. The van der Waals surface area contributed by atoms with E-state index < -0.39 is 0 Å². The molecule has 0 radical (unpaired) electrons. The molecule has 0 fully saturated rings. The first-order valence-corrected chi connectivity index (χ1v) is 5.71. The third kappa shape index (κ3) is 4.60. The Bertz CT molecular complexity index is 407. The molecular weight excluding hydrogens is 210 g/mol. The number of hydrogen-bond donors (Lipinski definition) is 1. The summed E-state index contributed by atoms with van der Waals surface area (Å²) in [6.07, 6.45) is 5.40. The minimum Gasteiger partial charge on any atom is -0.489 e. The molecule has 2 nitrogen and oxygen atoms in total. The van der Waals surface area contributed by atoms with Crippen molar-refractivity contribution >= 4 is 5.69 Å². The zero-order valence-corrected chi connectivity index (χ0v) is 10.3. The molecule has 0 saturated carbocycles. The van der Waals surface area contributed by atoms with Crippen LogP contribution in [0.5, 0.6) is 5.75 Å². The number of rotatable bonds is 7. The van der Waals surface area contributed by atoms with Gasteiger partial charge in [0.25, 0.3) is 0 Å². The number of ether oxygens (including phenoxy) is 1. The van der Waals surface area contributed by atoms with Crippen LogP contribution in [0.15, 0.2) is 61.2 Å². The van der Waals surface area contributed by atoms with Gasteiger partial charge in [-0.25, -0.2) is 0 Å². The smallest absolute Gasteiger partial charge is 0.121 e. The Balaban J connectivity index is 2.62. The second-order valence-electron chi connectivity index (χ2n) is 3.53. The highest BCUT2D eigenvalue weighted by Crippen LogP contribution is 2.17. The molecule has 0 aliphatic heterocycles. The van der Waals surface area contributed by atoms with Gasteiger partial charge in [-0.15, -0.1) is 0 Å². The van der Waals surface area contributed by atoms with Crippen molar-refractivity contribution < 1.29 is 4.74 Å². The highest BCUT2D eigenvalue weighted by Gasteiger charge is 1.97. The van der Waals surface area contributed by atoms with Crippen molar-refractivity contribution in [2.75, 3.05) is 18.5 Å². The van der Waals surface area contributed by atoms with Gasteiger partial charge in [0, 0.05) is 18.3 Å². The molecule has 0 saturated heterocycles. The summed E-state index contributed by atoms with van der Waals surface area (Å²) in [5.41, 5.74) is 2.08. The van der Waals surface area contributed by atoms with Gasteiger partial charge in [0.15, 0.2) is 0 Å². The zero-order chi connectivity index (χ0) is 12.5. The van der Waals surface area contributed by atoms with Crippen molar-refractivity contribution in [2.45, 2.75) is 6.92 Å². The molecule has 1 rings (SSSR count). The number of allylic oxidation sites excluding steroid dienone is 2. The number of benzene rings is 1. The molecule has 2 heteroatoms. The normalized spacial score (nSPS) is 10.8. The molecule has 0 amide bonds. The second kappa shape index (κ2) is 7.34. The molecule has 0 spiro atoms. The van der Waals surface area contributed by atoms with E-state index in [1.54, 1.807) is 12.2 Å². The predicted octanol–water partition coefficient (Wildman–Crippen LogP) is 3.80. The molecule has 1 N–H and O–H groups in total. The van der Waals surface area contributed by atoms with Gasteiger partial charge in [-0.3, -0.25) is 0 Å².